The fourth-order valence-corrected chi connectivity index (χ4v) is 4.20. The fourth-order valence-electron chi connectivity index (χ4n) is 2.47. The molecule has 0 radical (unpaired) electrons. The third kappa shape index (κ3) is 4.44. The summed E-state index contributed by atoms with van der Waals surface area (Å²) < 4.78 is 8.21. The quantitative estimate of drug-likeness (QED) is 0.230. The van der Waals surface area contributed by atoms with E-state index in [1.807, 2.05) is 18.2 Å². The number of carbonyl (C=O) groups is 2. The summed E-state index contributed by atoms with van der Waals surface area (Å²) in [5, 5.41) is 1.24. The van der Waals surface area contributed by atoms with Gasteiger partial charge in [0.1, 0.15) is 17.9 Å². The second-order valence-corrected chi connectivity index (χ2v) is 8.54. The highest BCUT2D eigenvalue weighted by Crippen LogP contribution is 2.35. The van der Waals surface area contributed by atoms with E-state index in [4.69, 9.17) is 4.74 Å². The topological polar surface area (TPSA) is 58.6 Å². The van der Waals surface area contributed by atoms with Crippen molar-refractivity contribution in [2.75, 3.05) is 11.6 Å². The first kappa shape index (κ1) is 20.1. The number of carbonyl (C=O) groups excluding carboxylic acids is 2. The predicted octanol–water partition coefficient (Wildman–Crippen LogP) is 4.84. The van der Waals surface area contributed by atoms with Crippen molar-refractivity contribution in [2.24, 2.45) is 0 Å². The van der Waals surface area contributed by atoms with Gasteiger partial charge in [-0.1, -0.05) is 28.6 Å². The molecule has 1 saturated heterocycles. The Morgan fingerprint density at radius 1 is 1.19 bits per heavy atom. The molecular formula is C19H13Br2IN2O3. The van der Waals surface area contributed by atoms with Gasteiger partial charge in [0.25, 0.3) is 11.8 Å². The van der Waals surface area contributed by atoms with Crippen LogP contribution in [0.1, 0.15) is 5.56 Å². The highest BCUT2D eigenvalue weighted by atomic mass is 127. The monoisotopic (exact) mass is 602 g/mol. The molecule has 1 heterocycles. The van der Waals surface area contributed by atoms with E-state index in [9.17, 15) is 9.59 Å². The first-order chi connectivity index (χ1) is 12.9. The van der Waals surface area contributed by atoms with Crippen molar-refractivity contribution in [1.82, 2.24) is 5.43 Å². The molecule has 0 bridgehead atoms. The predicted molar refractivity (Wildman–Crippen MR) is 120 cm³/mol. The van der Waals surface area contributed by atoms with E-state index in [0.717, 1.165) is 8.04 Å². The van der Waals surface area contributed by atoms with Gasteiger partial charge in [-0.15, -0.1) is 0 Å². The van der Waals surface area contributed by atoms with Gasteiger partial charge < -0.3 is 4.74 Å². The van der Waals surface area contributed by atoms with Crippen molar-refractivity contribution >= 4 is 78.0 Å². The lowest BCUT2D eigenvalue weighted by Crippen LogP contribution is -2.35. The van der Waals surface area contributed by atoms with Crippen LogP contribution in [0.25, 0.3) is 6.08 Å². The first-order valence-electron chi connectivity index (χ1n) is 7.76. The smallest absolute Gasteiger partial charge is 0.282 e. The number of nitrogens with zero attached hydrogens (tertiary/aromatic N) is 1. The zero-order chi connectivity index (χ0) is 19.6. The summed E-state index contributed by atoms with van der Waals surface area (Å²) in [6, 6.07) is 10.9. The Hall–Kier alpha value is -1.65. The van der Waals surface area contributed by atoms with Gasteiger partial charge in [-0.3, -0.25) is 15.0 Å². The van der Waals surface area contributed by atoms with Crippen LogP contribution in [0.15, 0.2) is 63.6 Å². The number of halogens is 3. The number of hydrogen-bond acceptors (Lipinski definition) is 3. The van der Waals surface area contributed by atoms with E-state index in [1.54, 1.807) is 24.3 Å². The van der Waals surface area contributed by atoms with E-state index in [-0.39, 0.29) is 5.57 Å². The number of rotatable bonds is 5. The van der Waals surface area contributed by atoms with Crippen molar-refractivity contribution in [3.05, 3.63) is 72.7 Å². The standard InChI is InChI=1S/C19H13Br2IN2O3/c1-2-7-27-17-11(8-12(20)10-16(17)21)9-15-18(25)23-24(19(15)26)14-5-3-13(22)4-6-14/h2-6,8-10H,1,7H2,(H,23,25). The number of benzene rings is 2. The second-order valence-electron chi connectivity index (χ2n) is 5.52. The molecule has 27 heavy (non-hydrogen) atoms. The molecule has 8 heteroatoms. The SMILES string of the molecule is C=CCOc1c(Br)cc(Br)cc1C=C1C(=O)NN(c2ccc(I)cc2)C1=O. The maximum Gasteiger partial charge on any atom is 0.282 e. The molecule has 1 aliphatic rings. The number of nitrogens with one attached hydrogen (secondary N) is 1. The summed E-state index contributed by atoms with van der Waals surface area (Å²) in [5.74, 6) is -0.366. The molecule has 2 aromatic carbocycles. The number of ether oxygens (including phenoxy) is 1. The van der Waals surface area contributed by atoms with E-state index in [1.165, 1.54) is 11.1 Å². The minimum Gasteiger partial charge on any atom is -0.488 e. The molecule has 2 aromatic rings. The Balaban J connectivity index is 1.99. The van der Waals surface area contributed by atoms with E-state index in [0.29, 0.717) is 28.1 Å². The van der Waals surface area contributed by atoms with Crippen LogP contribution in [0, 0.1) is 3.57 Å². The Labute approximate surface area is 186 Å². The Bertz CT molecular complexity index is 958. The molecule has 3 rings (SSSR count). The second kappa shape index (κ2) is 8.57. The lowest BCUT2D eigenvalue weighted by molar-refractivity contribution is -0.117. The van der Waals surface area contributed by atoms with Crippen LogP contribution in [0.5, 0.6) is 5.75 Å². The van der Waals surface area contributed by atoms with Crippen molar-refractivity contribution in [3.63, 3.8) is 0 Å². The lowest BCUT2D eigenvalue weighted by Gasteiger charge is -2.14. The molecule has 1 aliphatic heterocycles. The van der Waals surface area contributed by atoms with E-state index in [2.05, 4.69) is 66.5 Å². The Morgan fingerprint density at radius 3 is 2.56 bits per heavy atom. The molecule has 0 spiro atoms. The molecule has 1 N–H and O–H groups in total. The van der Waals surface area contributed by atoms with Gasteiger partial charge >= 0.3 is 0 Å². The van der Waals surface area contributed by atoms with E-state index < -0.39 is 11.8 Å². The third-order valence-electron chi connectivity index (χ3n) is 3.66. The zero-order valence-corrected chi connectivity index (χ0v) is 19.2. The molecular weight excluding hydrogens is 591 g/mol. The molecule has 0 atom stereocenters. The van der Waals surface area contributed by atoms with Gasteiger partial charge in [0, 0.05) is 13.6 Å². The first-order valence-corrected chi connectivity index (χ1v) is 10.4. The van der Waals surface area contributed by atoms with Gasteiger partial charge in [0.2, 0.25) is 0 Å². The highest BCUT2D eigenvalue weighted by Gasteiger charge is 2.34. The minimum absolute atomic E-state index is 0.0296. The minimum atomic E-state index is -0.468. The van der Waals surface area contributed by atoms with Crippen molar-refractivity contribution in [3.8, 4) is 5.75 Å². The number of hydrazine groups is 1. The van der Waals surface area contributed by atoms with Crippen LogP contribution in [0.3, 0.4) is 0 Å². The van der Waals surface area contributed by atoms with Crippen molar-refractivity contribution in [1.29, 1.82) is 0 Å². The average Bonchev–Trinajstić information content (AvgIpc) is 2.90. The average molecular weight is 604 g/mol. The molecule has 0 saturated carbocycles. The number of anilines is 1. The van der Waals surface area contributed by atoms with Crippen molar-refractivity contribution in [2.45, 2.75) is 0 Å². The molecule has 2 amide bonds. The van der Waals surface area contributed by atoms with Gasteiger partial charge in [0.15, 0.2) is 0 Å². The summed E-state index contributed by atoms with van der Waals surface area (Å²) in [6.07, 6.45) is 3.15. The summed E-state index contributed by atoms with van der Waals surface area (Å²) in [5.41, 5.74) is 3.82. The lowest BCUT2D eigenvalue weighted by atomic mass is 10.1. The number of amides is 2. The fraction of sp³-hybridized carbons (Fsp3) is 0.0526. The van der Waals surface area contributed by atoms with Crippen LogP contribution in [-0.2, 0) is 9.59 Å². The summed E-state index contributed by atoms with van der Waals surface area (Å²) in [7, 11) is 0. The largest absolute Gasteiger partial charge is 0.488 e. The normalized spacial score (nSPS) is 15.2. The van der Waals surface area contributed by atoms with Crippen LogP contribution in [-0.4, -0.2) is 18.4 Å². The van der Waals surface area contributed by atoms with E-state index >= 15 is 0 Å². The van der Waals surface area contributed by atoms with Gasteiger partial charge in [-0.05, 0) is 81.0 Å². The molecule has 0 unspecified atom stereocenters. The van der Waals surface area contributed by atoms with Crippen LogP contribution in [0.4, 0.5) is 5.69 Å². The van der Waals surface area contributed by atoms with Crippen LogP contribution < -0.4 is 15.2 Å². The molecule has 0 aromatic heterocycles. The van der Waals surface area contributed by atoms with Crippen molar-refractivity contribution < 1.29 is 14.3 Å². The summed E-state index contributed by atoms with van der Waals surface area (Å²) >= 11 is 9.04. The third-order valence-corrected chi connectivity index (χ3v) is 5.42. The van der Waals surface area contributed by atoms with Gasteiger partial charge in [-0.25, -0.2) is 5.01 Å². The molecule has 1 fully saturated rings. The molecule has 0 aliphatic carbocycles. The van der Waals surface area contributed by atoms with Crippen LogP contribution >= 0.6 is 54.5 Å². The summed E-state index contributed by atoms with van der Waals surface area (Å²) in [4.78, 5) is 25.2. The zero-order valence-electron chi connectivity index (χ0n) is 13.8. The number of hydrogen-bond donors (Lipinski definition) is 1. The maximum atomic E-state index is 12.8. The Kier molecular flexibility index (Phi) is 6.38. The van der Waals surface area contributed by atoms with Gasteiger partial charge in [0.05, 0.1) is 10.2 Å². The molecule has 138 valence electrons. The summed E-state index contributed by atoms with van der Waals surface area (Å²) in [6.45, 7) is 3.94. The maximum absolute atomic E-state index is 12.8. The van der Waals surface area contributed by atoms with Gasteiger partial charge in [-0.2, -0.15) is 0 Å². The Morgan fingerprint density at radius 2 is 1.89 bits per heavy atom. The molecule has 5 nitrogen and oxygen atoms in total. The highest BCUT2D eigenvalue weighted by molar-refractivity contribution is 14.1. The van der Waals surface area contributed by atoms with Crippen LogP contribution in [0.2, 0.25) is 0 Å².